The fraction of sp³-hybridized carbons (Fsp3) is 0.194. The van der Waals surface area contributed by atoms with Crippen LogP contribution in [0.15, 0.2) is 121 Å². The van der Waals surface area contributed by atoms with Crippen molar-refractivity contribution in [3.63, 3.8) is 0 Å². The van der Waals surface area contributed by atoms with Crippen molar-refractivity contribution >= 4 is 53.8 Å². The predicted octanol–water partition coefficient (Wildman–Crippen LogP) is 7.35. The van der Waals surface area contributed by atoms with E-state index in [9.17, 15) is 0 Å². The lowest BCUT2D eigenvalue weighted by Gasteiger charge is -2.48. The topological polar surface area (TPSA) is 6.48 Å². The second-order valence-electron chi connectivity index (χ2n) is 11.0. The van der Waals surface area contributed by atoms with Crippen molar-refractivity contribution in [2.75, 3.05) is 0 Å². The summed E-state index contributed by atoms with van der Waals surface area (Å²) in [7, 11) is -5.26. The van der Waals surface area contributed by atoms with E-state index in [-0.39, 0.29) is 0 Å². The molecule has 4 aromatic rings. The van der Waals surface area contributed by atoms with Gasteiger partial charge in [-0.2, -0.15) is 0 Å². The lowest BCUT2D eigenvalue weighted by molar-refractivity contribution is 0.626. The van der Waals surface area contributed by atoms with Crippen molar-refractivity contribution in [1.29, 1.82) is 0 Å². The summed E-state index contributed by atoms with van der Waals surface area (Å²) in [4.78, 5) is 0. The lowest BCUT2D eigenvalue weighted by atomic mass is 10.4. The minimum atomic E-state index is -1.86. The molecule has 0 aliphatic heterocycles. The fourth-order valence-corrected chi connectivity index (χ4v) is 15.1. The number of hydrogen-bond acceptors (Lipinski definition) is 2. The zero-order valence-electron chi connectivity index (χ0n) is 22.8. The molecular formula is C31H38N2P2Si2. The Balaban J connectivity index is 1.87. The van der Waals surface area contributed by atoms with Crippen LogP contribution in [0, 0.1) is 6.67 Å². The van der Waals surface area contributed by atoms with Crippen molar-refractivity contribution in [2.24, 2.45) is 0 Å². The molecule has 0 aliphatic carbocycles. The summed E-state index contributed by atoms with van der Waals surface area (Å²) in [5, 5.41) is 5.49. The third-order valence-electron chi connectivity index (χ3n) is 5.86. The molecular weight excluding hydrogens is 518 g/mol. The van der Waals surface area contributed by atoms with Crippen LogP contribution in [0.3, 0.4) is 0 Å². The summed E-state index contributed by atoms with van der Waals surface area (Å²) in [6.45, 7) is 18.9. The molecule has 0 fully saturated rings. The van der Waals surface area contributed by atoms with Crippen LogP contribution in [0.5, 0.6) is 0 Å². The molecule has 0 bridgehead atoms. The number of nitrogens with zero attached hydrogens (tertiary/aromatic N) is 2. The third kappa shape index (κ3) is 7.15. The molecule has 2 radical (unpaired) electrons. The van der Waals surface area contributed by atoms with Crippen molar-refractivity contribution in [1.82, 2.24) is 8.67 Å². The molecule has 4 rings (SSSR count). The number of benzene rings is 4. The van der Waals surface area contributed by atoms with E-state index >= 15 is 0 Å². The standard InChI is InChI=1S/C31H38N2P2Si2/c1-36(2,3)32(34(28-19-11-7-12-20-28)29-21-13-8-14-22-29)27-33(37(4,5)6)35(30-23-15-9-16-24-30)31-25-17-10-18-26-31/h7-26H,1-6H3. The molecule has 0 heterocycles. The Morgan fingerprint density at radius 1 is 0.405 bits per heavy atom. The van der Waals surface area contributed by atoms with Gasteiger partial charge in [0.1, 0.15) is 23.1 Å². The summed E-state index contributed by atoms with van der Waals surface area (Å²) in [6, 6.07) is 44.2. The van der Waals surface area contributed by atoms with Crippen LogP contribution < -0.4 is 21.2 Å². The van der Waals surface area contributed by atoms with Gasteiger partial charge in [0.25, 0.3) is 0 Å². The van der Waals surface area contributed by atoms with E-state index in [1.54, 1.807) is 0 Å². The van der Waals surface area contributed by atoms with E-state index in [2.05, 4.69) is 176 Å². The molecule has 0 saturated carbocycles. The first-order valence-electron chi connectivity index (χ1n) is 12.8. The molecule has 0 aliphatic rings. The highest BCUT2D eigenvalue weighted by atomic mass is 31.1. The van der Waals surface area contributed by atoms with Crippen LogP contribution in [-0.2, 0) is 0 Å². The predicted molar refractivity (Wildman–Crippen MR) is 172 cm³/mol. The van der Waals surface area contributed by atoms with Gasteiger partial charge in [0.05, 0.1) is 0 Å². The van der Waals surface area contributed by atoms with Gasteiger partial charge >= 0.3 is 0 Å². The Hall–Kier alpha value is -1.91. The van der Waals surface area contributed by atoms with Crippen LogP contribution in [0.2, 0.25) is 39.3 Å². The zero-order chi connectivity index (χ0) is 26.5. The molecule has 190 valence electrons. The Morgan fingerprint density at radius 3 is 0.811 bits per heavy atom. The first-order valence-corrected chi connectivity index (χ1v) is 22.3. The van der Waals surface area contributed by atoms with Crippen LogP contribution >= 0.6 is 16.1 Å². The maximum Gasteiger partial charge on any atom is 0.140 e. The van der Waals surface area contributed by atoms with Gasteiger partial charge in [-0.15, -0.1) is 0 Å². The normalized spacial score (nSPS) is 12.6. The molecule has 0 aromatic heterocycles. The van der Waals surface area contributed by atoms with E-state index in [4.69, 9.17) is 0 Å². The van der Waals surface area contributed by atoms with E-state index in [0.29, 0.717) is 0 Å². The quantitative estimate of drug-likeness (QED) is 0.114. The largest absolute Gasteiger partial charge is 0.273 e. The van der Waals surface area contributed by atoms with Crippen LogP contribution in [0.4, 0.5) is 0 Å². The highest BCUT2D eigenvalue weighted by Gasteiger charge is 2.41. The van der Waals surface area contributed by atoms with Crippen molar-refractivity contribution in [3.05, 3.63) is 128 Å². The van der Waals surface area contributed by atoms with E-state index in [1.165, 1.54) is 21.2 Å². The summed E-state index contributed by atoms with van der Waals surface area (Å²) in [6.07, 6.45) is 0. The van der Waals surface area contributed by atoms with Gasteiger partial charge in [-0.05, 0) is 21.2 Å². The highest BCUT2D eigenvalue weighted by molar-refractivity contribution is 7.73. The first kappa shape index (κ1) is 28.1. The summed E-state index contributed by atoms with van der Waals surface area (Å²) in [5.41, 5.74) is 0. The van der Waals surface area contributed by atoms with E-state index < -0.39 is 32.6 Å². The average molecular weight is 557 g/mol. The molecule has 4 aromatic carbocycles. The average Bonchev–Trinajstić information content (AvgIpc) is 2.89. The molecule has 0 amide bonds. The molecule has 2 nitrogen and oxygen atoms in total. The highest BCUT2D eigenvalue weighted by Crippen LogP contribution is 2.50. The molecule has 0 spiro atoms. The Labute approximate surface area is 229 Å². The minimum absolute atomic E-state index is 0.770. The fourth-order valence-electron chi connectivity index (χ4n) is 4.12. The van der Waals surface area contributed by atoms with Crippen LogP contribution in [0.1, 0.15) is 0 Å². The molecule has 0 saturated heterocycles. The van der Waals surface area contributed by atoms with Crippen molar-refractivity contribution < 1.29 is 0 Å². The third-order valence-corrected chi connectivity index (χ3v) is 17.5. The Bertz CT molecular complexity index is 1050. The van der Waals surface area contributed by atoms with Crippen molar-refractivity contribution in [2.45, 2.75) is 39.3 Å². The maximum atomic E-state index is 4.18. The second-order valence-corrected chi connectivity index (χ2v) is 25.5. The number of rotatable bonds is 10. The Kier molecular flexibility index (Phi) is 9.35. The minimum Gasteiger partial charge on any atom is -0.273 e. The zero-order valence-corrected chi connectivity index (χ0v) is 26.6. The Morgan fingerprint density at radius 2 is 0.622 bits per heavy atom. The molecule has 37 heavy (non-hydrogen) atoms. The van der Waals surface area contributed by atoms with Crippen LogP contribution in [0.25, 0.3) is 0 Å². The summed E-state index contributed by atoms with van der Waals surface area (Å²) < 4.78 is 5.35. The van der Waals surface area contributed by atoms with E-state index in [1.807, 2.05) is 0 Å². The van der Waals surface area contributed by atoms with Crippen LogP contribution in [-0.4, -0.2) is 25.1 Å². The van der Waals surface area contributed by atoms with Gasteiger partial charge < -0.3 is 0 Å². The van der Waals surface area contributed by atoms with Gasteiger partial charge in [0, 0.05) is 16.1 Å². The lowest BCUT2D eigenvalue weighted by Crippen LogP contribution is -2.53. The first-order chi connectivity index (χ1) is 17.7. The summed E-state index contributed by atoms with van der Waals surface area (Å²) in [5.74, 6) is 0. The van der Waals surface area contributed by atoms with E-state index in [0.717, 1.165) is 0 Å². The van der Waals surface area contributed by atoms with Gasteiger partial charge in [0.15, 0.2) is 0 Å². The molecule has 0 N–H and O–H groups in total. The monoisotopic (exact) mass is 556 g/mol. The number of hydrogen-bond donors (Lipinski definition) is 0. The molecule has 0 unspecified atom stereocenters. The van der Waals surface area contributed by atoms with Crippen molar-refractivity contribution in [3.8, 4) is 0 Å². The van der Waals surface area contributed by atoms with Gasteiger partial charge in [0.2, 0.25) is 0 Å². The second kappa shape index (κ2) is 12.3. The van der Waals surface area contributed by atoms with Gasteiger partial charge in [-0.1, -0.05) is 161 Å². The smallest absolute Gasteiger partial charge is 0.140 e. The molecule has 6 heteroatoms. The maximum absolute atomic E-state index is 4.18. The van der Waals surface area contributed by atoms with Gasteiger partial charge in [-0.3, -0.25) is 8.67 Å². The summed E-state index contributed by atoms with van der Waals surface area (Å²) >= 11 is 0. The molecule has 0 atom stereocenters. The SMILES string of the molecule is C[Si](C)(C)N([C]N(P(c1ccccc1)c1ccccc1)[Si](C)(C)C)P(c1ccccc1)c1ccccc1. The van der Waals surface area contributed by atoms with Gasteiger partial charge in [-0.25, -0.2) is 0 Å².